The van der Waals surface area contributed by atoms with Crippen LogP contribution in [0.1, 0.15) is 22.5 Å². The molecule has 0 saturated carbocycles. The Kier molecular flexibility index (Phi) is 6.54. The highest BCUT2D eigenvalue weighted by Crippen LogP contribution is 2.36. The average Bonchev–Trinajstić information content (AvgIpc) is 3.26. The van der Waals surface area contributed by atoms with Crippen LogP contribution in [0.3, 0.4) is 0 Å². The number of benzene rings is 1. The van der Waals surface area contributed by atoms with Crippen LogP contribution < -0.4 is 10.6 Å². The summed E-state index contributed by atoms with van der Waals surface area (Å²) in [5.74, 6) is -4.99. The lowest BCUT2D eigenvalue weighted by atomic mass is 9.93. The first-order valence-corrected chi connectivity index (χ1v) is 11.1. The second-order valence-electron chi connectivity index (χ2n) is 8.04. The van der Waals surface area contributed by atoms with Crippen molar-refractivity contribution in [2.24, 2.45) is 11.7 Å². The zero-order valence-corrected chi connectivity index (χ0v) is 18.3. The van der Waals surface area contributed by atoms with Crippen LogP contribution in [0.25, 0.3) is 10.6 Å². The Hall–Kier alpha value is -3.12. The Morgan fingerprint density at radius 1 is 1.24 bits per heavy atom. The number of piperidine rings is 1. The number of carbonyl (C=O) groups is 1. The molecular weight excluding hydrogens is 479 g/mol. The third-order valence-electron chi connectivity index (χ3n) is 5.59. The zero-order valence-electron chi connectivity index (χ0n) is 17.5. The minimum Gasteiger partial charge on any atom is -0.505 e. The van der Waals surface area contributed by atoms with Crippen molar-refractivity contribution in [3.8, 4) is 16.3 Å². The maximum absolute atomic E-state index is 14.2. The highest BCUT2D eigenvalue weighted by atomic mass is 32.1. The molecule has 4 rings (SSSR count). The van der Waals surface area contributed by atoms with Gasteiger partial charge in [-0.15, -0.1) is 11.3 Å². The zero-order chi connectivity index (χ0) is 24.6. The molecular formula is C22H19F5N4O2S. The molecule has 1 aliphatic rings. The number of pyridine rings is 1. The normalized spacial score (nSPS) is 18.8. The molecule has 0 aliphatic carbocycles. The summed E-state index contributed by atoms with van der Waals surface area (Å²) in [6.07, 6.45) is -2.01. The summed E-state index contributed by atoms with van der Waals surface area (Å²) in [5, 5.41) is 10.7. The van der Waals surface area contributed by atoms with Crippen molar-refractivity contribution in [2.75, 3.05) is 18.0 Å². The fraction of sp³-hybridized carbons (Fsp3) is 0.318. The van der Waals surface area contributed by atoms with E-state index in [9.17, 15) is 31.9 Å². The van der Waals surface area contributed by atoms with Crippen LogP contribution >= 0.6 is 11.3 Å². The van der Waals surface area contributed by atoms with Crippen molar-refractivity contribution in [3.05, 3.63) is 58.9 Å². The third kappa shape index (κ3) is 4.87. The van der Waals surface area contributed by atoms with Crippen LogP contribution in [0.5, 0.6) is 5.75 Å². The molecule has 12 heteroatoms. The Labute approximate surface area is 194 Å². The number of hydrogen-bond donors (Lipinski definition) is 2. The molecule has 1 saturated heterocycles. The van der Waals surface area contributed by atoms with Crippen LogP contribution in [0.4, 0.5) is 27.6 Å². The smallest absolute Gasteiger partial charge is 0.393 e. The fourth-order valence-corrected chi connectivity index (χ4v) is 4.82. The minimum atomic E-state index is -4.40. The van der Waals surface area contributed by atoms with Gasteiger partial charge in [0, 0.05) is 54.6 Å². The second-order valence-corrected chi connectivity index (χ2v) is 8.90. The quantitative estimate of drug-likeness (QED) is 0.402. The summed E-state index contributed by atoms with van der Waals surface area (Å²) in [6.45, 7) is -0.103. The third-order valence-corrected chi connectivity index (χ3v) is 6.45. The standard InChI is InChI=1S/C22H19F5N4O2S/c23-14-1-2-17(32)20(24)19(14)21-30-15(10-34-21)18(33)5-11-7-29-4-3-16(11)31-8-12(22(25,26)27)6-13(28)9-31/h1-4,7,10,12-13,32H,5-6,8-9,28H2/t12-,13+/m1/s1. The van der Waals surface area contributed by atoms with Gasteiger partial charge in [0.15, 0.2) is 17.3 Å². The first kappa shape index (κ1) is 24.0. The van der Waals surface area contributed by atoms with E-state index >= 15 is 0 Å². The Morgan fingerprint density at radius 3 is 2.74 bits per heavy atom. The van der Waals surface area contributed by atoms with Crippen molar-refractivity contribution in [3.63, 3.8) is 0 Å². The molecule has 3 N–H and O–H groups in total. The lowest BCUT2D eigenvalue weighted by molar-refractivity contribution is -0.177. The van der Waals surface area contributed by atoms with Crippen LogP contribution in [0.15, 0.2) is 36.0 Å². The topological polar surface area (TPSA) is 92.3 Å². The number of rotatable bonds is 5. The molecule has 1 aromatic carbocycles. The molecule has 6 nitrogen and oxygen atoms in total. The van der Waals surface area contributed by atoms with Gasteiger partial charge in [0.25, 0.3) is 0 Å². The Bertz CT molecular complexity index is 1220. The molecule has 1 aliphatic heterocycles. The predicted molar refractivity (Wildman–Crippen MR) is 116 cm³/mol. The molecule has 180 valence electrons. The number of carbonyl (C=O) groups excluding carboxylic acids is 1. The highest BCUT2D eigenvalue weighted by molar-refractivity contribution is 7.13. The average molecular weight is 498 g/mol. The summed E-state index contributed by atoms with van der Waals surface area (Å²) in [6, 6.07) is 2.59. The maximum atomic E-state index is 14.2. The number of aromatic hydroxyl groups is 1. The number of alkyl halides is 3. The number of phenolic OH excluding ortho intramolecular Hbond substituents is 1. The lowest BCUT2D eigenvalue weighted by Crippen LogP contribution is -2.51. The first-order valence-electron chi connectivity index (χ1n) is 10.2. The number of Topliss-reactive ketones (excluding diaryl/α,β-unsaturated/α-hetero) is 1. The summed E-state index contributed by atoms with van der Waals surface area (Å²) in [7, 11) is 0. The van der Waals surface area contributed by atoms with E-state index in [0.29, 0.717) is 11.3 Å². The van der Waals surface area contributed by atoms with Crippen molar-refractivity contribution < 1.29 is 31.9 Å². The predicted octanol–water partition coefficient (Wildman–Crippen LogP) is 4.33. The molecule has 0 radical (unpaired) electrons. The number of nitrogens with zero attached hydrogens (tertiary/aromatic N) is 3. The van der Waals surface area contributed by atoms with E-state index in [1.165, 1.54) is 28.7 Å². The Balaban J connectivity index is 1.58. The van der Waals surface area contributed by atoms with Crippen molar-refractivity contribution in [1.29, 1.82) is 0 Å². The van der Waals surface area contributed by atoms with E-state index in [1.807, 2.05) is 0 Å². The highest BCUT2D eigenvalue weighted by Gasteiger charge is 2.44. The van der Waals surface area contributed by atoms with Gasteiger partial charge in [0.05, 0.1) is 11.5 Å². The molecule has 3 heterocycles. The summed E-state index contributed by atoms with van der Waals surface area (Å²) in [5.41, 5.74) is 6.05. The number of hydrogen-bond acceptors (Lipinski definition) is 7. The van der Waals surface area contributed by atoms with Gasteiger partial charge in [-0.25, -0.2) is 13.8 Å². The van der Waals surface area contributed by atoms with Gasteiger partial charge in [0.2, 0.25) is 0 Å². The minimum absolute atomic E-state index is 0.0690. The summed E-state index contributed by atoms with van der Waals surface area (Å²) >= 11 is 0.824. The molecule has 2 aromatic heterocycles. The van der Waals surface area contributed by atoms with E-state index < -0.39 is 46.9 Å². The molecule has 0 unspecified atom stereocenters. The Morgan fingerprint density at radius 2 is 2.00 bits per heavy atom. The number of thiazole rings is 1. The number of phenols is 1. The molecule has 0 amide bonds. The monoisotopic (exact) mass is 498 g/mol. The van der Waals surface area contributed by atoms with E-state index in [1.54, 1.807) is 0 Å². The van der Waals surface area contributed by atoms with Crippen molar-refractivity contribution >= 4 is 22.8 Å². The van der Waals surface area contributed by atoms with E-state index in [0.717, 1.165) is 23.5 Å². The van der Waals surface area contributed by atoms with E-state index in [4.69, 9.17) is 5.73 Å². The lowest BCUT2D eigenvalue weighted by Gasteiger charge is -2.39. The number of halogens is 5. The number of aromatic nitrogens is 2. The molecule has 34 heavy (non-hydrogen) atoms. The van der Waals surface area contributed by atoms with Gasteiger partial charge in [-0.2, -0.15) is 13.2 Å². The van der Waals surface area contributed by atoms with E-state index in [-0.39, 0.29) is 36.6 Å². The van der Waals surface area contributed by atoms with Gasteiger partial charge in [-0.05, 0) is 24.6 Å². The van der Waals surface area contributed by atoms with Crippen molar-refractivity contribution in [1.82, 2.24) is 9.97 Å². The first-order chi connectivity index (χ1) is 16.0. The van der Waals surface area contributed by atoms with Gasteiger partial charge in [-0.3, -0.25) is 9.78 Å². The van der Waals surface area contributed by atoms with Crippen LogP contribution in [0.2, 0.25) is 0 Å². The molecule has 2 atom stereocenters. The molecule has 0 bridgehead atoms. The molecule has 1 fully saturated rings. The van der Waals surface area contributed by atoms with Gasteiger partial charge >= 0.3 is 6.18 Å². The molecule has 0 spiro atoms. The summed E-state index contributed by atoms with van der Waals surface area (Å²) in [4.78, 5) is 22.4. The number of anilines is 1. The summed E-state index contributed by atoms with van der Waals surface area (Å²) < 4.78 is 68.3. The van der Waals surface area contributed by atoms with Crippen molar-refractivity contribution in [2.45, 2.75) is 25.1 Å². The SMILES string of the molecule is N[C@H]1C[C@@H](C(F)(F)F)CN(c2ccncc2CC(=O)c2csc(-c3c(F)ccc(O)c3F)n2)C1. The van der Waals surface area contributed by atoms with E-state index in [2.05, 4.69) is 9.97 Å². The van der Waals surface area contributed by atoms with Gasteiger partial charge < -0.3 is 15.7 Å². The molecule has 3 aromatic rings. The van der Waals surface area contributed by atoms with Crippen LogP contribution in [-0.2, 0) is 6.42 Å². The van der Waals surface area contributed by atoms with Crippen LogP contribution in [-0.4, -0.2) is 46.2 Å². The largest absolute Gasteiger partial charge is 0.505 e. The van der Waals surface area contributed by atoms with Crippen LogP contribution in [0, 0.1) is 17.6 Å². The second kappa shape index (κ2) is 9.26. The fourth-order valence-electron chi connectivity index (χ4n) is 3.95. The van der Waals surface area contributed by atoms with Gasteiger partial charge in [0.1, 0.15) is 16.5 Å². The number of ketones is 1. The number of nitrogens with two attached hydrogens (primary N) is 1. The van der Waals surface area contributed by atoms with Gasteiger partial charge in [-0.1, -0.05) is 0 Å². The maximum Gasteiger partial charge on any atom is 0.393 e.